The van der Waals surface area contributed by atoms with Gasteiger partial charge < -0.3 is 9.38 Å². The Labute approximate surface area is 271 Å². The number of hydrogen-bond acceptors (Lipinski definition) is 3. The van der Waals surface area contributed by atoms with Crippen molar-refractivity contribution in [1.82, 2.24) is 19.4 Å². The van der Waals surface area contributed by atoms with Gasteiger partial charge >= 0.3 is 0 Å². The number of rotatable bonds is 1. The van der Waals surface area contributed by atoms with Gasteiger partial charge in [-0.05, 0) is 57.8 Å². The van der Waals surface area contributed by atoms with Crippen LogP contribution in [-0.2, 0) is 36.4 Å². The molecular weight excluding hydrogens is 731 g/mol. The molecule has 0 spiro atoms. The topological polar surface area (TPSA) is 43.1 Å². The zero-order valence-electron chi connectivity index (χ0n) is 26.4. The smallest absolute Gasteiger partial charge is 0.102 e. The summed E-state index contributed by atoms with van der Waals surface area (Å²) in [6.45, 7) is 18.2. The molecule has 0 saturated heterocycles. The fraction of sp³-hybridized carbons (Fsp3) is 0.324. The molecule has 0 bridgehead atoms. The molecule has 3 heterocycles. The van der Waals surface area contributed by atoms with Gasteiger partial charge in [-0.15, -0.1) is 35.9 Å². The average Bonchev–Trinajstić information content (AvgIpc) is 3.39. The fourth-order valence-corrected chi connectivity index (χ4v) is 6.59. The number of fused-ring (bicyclic) bond motifs is 6. The molecule has 3 aromatic heterocycles. The van der Waals surface area contributed by atoms with Gasteiger partial charge in [0.2, 0.25) is 0 Å². The van der Waals surface area contributed by atoms with E-state index in [2.05, 4.69) is 101 Å². The van der Waals surface area contributed by atoms with E-state index in [0.717, 1.165) is 52.0 Å². The normalized spacial score (nSPS) is 15.1. The van der Waals surface area contributed by atoms with Gasteiger partial charge in [0.1, 0.15) is 5.82 Å². The van der Waals surface area contributed by atoms with Gasteiger partial charge in [-0.3, -0.25) is 18.7 Å². The van der Waals surface area contributed by atoms with Crippen LogP contribution in [0.2, 0.25) is 0 Å². The molecule has 6 aromatic rings. The van der Waals surface area contributed by atoms with Gasteiger partial charge in [0, 0.05) is 43.4 Å². The second kappa shape index (κ2) is 11.1. The molecule has 3 aromatic carbocycles. The van der Waals surface area contributed by atoms with E-state index >= 15 is 0 Å². The summed E-state index contributed by atoms with van der Waals surface area (Å²) >= 11 is 0. The predicted octanol–water partition coefficient (Wildman–Crippen LogP) is 9.23. The van der Waals surface area contributed by atoms with Crippen LogP contribution in [0.25, 0.3) is 38.8 Å². The molecule has 0 N–H and O–H groups in total. The van der Waals surface area contributed by atoms with E-state index in [1.165, 1.54) is 16.6 Å². The van der Waals surface area contributed by atoms with Crippen LogP contribution in [0, 0.1) is 30.7 Å². The Morgan fingerprint density at radius 3 is 2.23 bits per heavy atom. The van der Waals surface area contributed by atoms with Gasteiger partial charge in [-0.25, -0.2) is 0 Å². The maximum absolute atomic E-state index is 13.2. The quantitative estimate of drug-likeness (QED) is 0.157. The molecule has 1 radical (unpaired) electrons. The van der Waals surface area contributed by atoms with Crippen molar-refractivity contribution in [2.24, 2.45) is 0 Å². The van der Waals surface area contributed by atoms with Crippen LogP contribution in [-0.4, -0.2) is 19.4 Å². The summed E-state index contributed by atoms with van der Waals surface area (Å²) < 4.78 is 28.1. The first kappa shape index (κ1) is 31.9. The molecule has 0 atom stereocenters. The average molecular weight is 767 g/mol. The molecule has 0 amide bonds. The minimum atomic E-state index is -0.649. The summed E-state index contributed by atoms with van der Waals surface area (Å²) in [7, 11) is 0. The van der Waals surface area contributed by atoms with Crippen LogP contribution in [0.5, 0.6) is 0 Å². The Hall–Kier alpha value is -3.54. The number of nitrogens with zero attached hydrogens (tertiary/aromatic N) is 4. The Morgan fingerprint density at radius 2 is 1.59 bits per heavy atom. The molecule has 0 saturated carbocycles. The molecule has 4 nitrogen and oxygen atoms in total. The van der Waals surface area contributed by atoms with Crippen LogP contribution in [0.15, 0.2) is 60.8 Å². The van der Waals surface area contributed by atoms with Gasteiger partial charge in [-0.1, -0.05) is 84.5 Å². The van der Waals surface area contributed by atoms with Crippen LogP contribution in [0.3, 0.4) is 0 Å². The SMILES string of the molecule is Cc1[c-]c2c(cc1)nc(C(C)(C)C)n1c3cc4c(cc3nc21)C(C)(C)CC4(C)C.Fc1c[c-]c(-c2ccccn2)c(F)c1.[Ir]. The first-order valence-electron chi connectivity index (χ1n) is 14.6. The van der Waals surface area contributed by atoms with Crippen molar-refractivity contribution in [1.29, 1.82) is 0 Å². The van der Waals surface area contributed by atoms with Crippen molar-refractivity contribution in [3.05, 3.63) is 107 Å². The van der Waals surface area contributed by atoms with Gasteiger partial charge in [0.05, 0.1) is 16.7 Å². The summed E-state index contributed by atoms with van der Waals surface area (Å²) in [4.78, 5) is 14.2. The Balaban J connectivity index is 0.000000216. The molecule has 7 rings (SSSR count). The summed E-state index contributed by atoms with van der Waals surface area (Å²) in [5.41, 5.74) is 9.03. The maximum Gasteiger partial charge on any atom is 0.102 e. The number of aryl methyl sites for hydroxylation is 1. The number of benzene rings is 3. The van der Waals surface area contributed by atoms with Crippen molar-refractivity contribution in [2.45, 2.75) is 78.1 Å². The summed E-state index contributed by atoms with van der Waals surface area (Å²) in [5.74, 6) is -0.236. The molecule has 1 aliphatic carbocycles. The van der Waals surface area contributed by atoms with E-state index in [1.807, 2.05) is 0 Å². The van der Waals surface area contributed by atoms with Crippen LogP contribution in [0.4, 0.5) is 8.78 Å². The Kier molecular flexibility index (Phi) is 8.05. The third kappa shape index (κ3) is 5.57. The zero-order valence-corrected chi connectivity index (χ0v) is 28.8. The number of halogens is 2. The first-order valence-corrected chi connectivity index (χ1v) is 14.6. The number of aromatic nitrogens is 4. The zero-order chi connectivity index (χ0) is 30.9. The van der Waals surface area contributed by atoms with E-state index < -0.39 is 11.6 Å². The maximum atomic E-state index is 13.2. The molecule has 0 fully saturated rings. The number of hydrogen-bond donors (Lipinski definition) is 0. The van der Waals surface area contributed by atoms with Gasteiger partial charge in [0.25, 0.3) is 0 Å². The van der Waals surface area contributed by atoms with Crippen molar-refractivity contribution >= 4 is 27.6 Å². The molecule has 1 aliphatic rings. The first-order chi connectivity index (χ1) is 20.2. The number of pyridine rings is 1. The van der Waals surface area contributed by atoms with Crippen LogP contribution >= 0.6 is 0 Å². The van der Waals surface area contributed by atoms with E-state index in [-0.39, 0.29) is 41.9 Å². The van der Waals surface area contributed by atoms with Gasteiger partial charge in [0.15, 0.2) is 0 Å². The monoisotopic (exact) mass is 767 g/mol. The third-order valence-corrected chi connectivity index (χ3v) is 8.32. The summed E-state index contributed by atoms with van der Waals surface area (Å²) in [6.07, 6.45) is 2.71. The fourth-order valence-electron chi connectivity index (χ4n) is 6.59. The Morgan fingerprint density at radius 1 is 0.886 bits per heavy atom. The summed E-state index contributed by atoms with van der Waals surface area (Å²) in [5, 5.41) is 1.01. The van der Waals surface area contributed by atoms with Crippen molar-refractivity contribution in [2.75, 3.05) is 0 Å². The number of imidazole rings is 1. The minimum absolute atomic E-state index is 0. The second-order valence-corrected chi connectivity index (χ2v) is 13.9. The molecule has 0 unspecified atom stereocenters. The standard InChI is InChI=1S/C26H30N3.C11H6F2N.Ir/c1-15-9-10-19-16(11-15)22-27-20-12-17-18(26(7,8)14-25(17,5)6)13-21(20)29(22)23(28-19)24(2,3)4;12-8-4-5-9(10(13)7-8)11-3-1-2-6-14-11;/h9-10,12-13H,14H2,1-8H3;1-4,6-7H;/q2*-1;. The van der Waals surface area contributed by atoms with Crippen molar-refractivity contribution in [3.8, 4) is 11.3 Å². The summed E-state index contributed by atoms with van der Waals surface area (Å²) in [6, 6.07) is 21.9. The van der Waals surface area contributed by atoms with Crippen LogP contribution < -0.4 is 0 Å². The molecular formula is C37H36F2IrN4-2. The minimum Gasteiger partial charge on any atom is -0.321 e. The molecule has 0 aliphatic heterocycles. The van der Waals surface area contributed by atoms with E-state index in [9.17, 15) is 8.78 Å². The van der Waals surface area contributed by atoms with Crippen molar-refractivity contribution < 1.29 is 28.9 Å². The predicted molar refractivity (Wildman–Crippen MR) is 169 cm³/mol. The van der Waals surface area contributed by atoms with E-state index in [1.54, 1.807) is 24.4 Å². The molecule has 7 heteroatoms. The molecule has 44 heavy (non-hydrogen) atoms. The van der Waals surface area contributed by atoms with E-state index in [4.69, 9.17) is 9.97 Å². The van der Waals surface area contributed by atoms with E-state index in [0.29, 0.717) is 5.69 Å². The van der Waals surface area contributed by atoms with Crippen molar-refractivity contribution in [3.63, 3.8) is 0 Å². The molecule has 229 valence electrons. The van der Waals surface area contributed by atoms with Crippen LogP contribution in [0.1, 0.15) is 77.4 Å². The largest absolute Gasteiger partial charge is 0.321 e. The second-order valence-electron chi connectivity index (χ2n) is 13.9. The third-order valence-electron chi connectivity index (χ3n) is 8.32. The van der Waals surface area contributed by atoms with Gasteiger partial charge in [-0.2, -0.15) is 0 Å². The Bertz CT molecular complexity index is 2020.